The number of aromatic nitrogens is 3. The van der Waals surface area contributed by atoms with E-state index in [-0.39, 0.29) is 16.7 Å². The molecular formula is C27H28F3N5OS2. The van der Waals surface area contributed by atoms with Gasteiger partial charge in [-0.15, -0.1) is 11.3 Å². The Morgan fingerprint density at radius 1 is 1.00 bits per heavy atom. The normalized spacial score (nSPS) is 12.6. The zero-order chi connectivity index (χ0) is 27.6. The van der Waals surface area contributed by atoms with E-state index in [1.165, 1.54) is 23.5 Å². The first-order valence-electron chi connectivity index (χ1n) is 12.0. The van der Waals surface area contributed by atoms with Crippen molar-refractivity contribution in [1.29, 1.82) is 0 Å². The molecule has 0 aliphatic carbocycles. The van der Waals surface area contributed by atoms with Gasteiger partial charge in [-0.2, -0.15) is 0 Å². The average Bonchev–Trinajstić information content (AvgIpc) is 3.30. The Morgan fingerprint density at radius 2 is 1.68 bits per heavy atom. The van der Waals surface area contributed by atoms with Gasteiger partial charge < -0.3 is 5.32 Å². The van der Waals surface area contributed by atoms with Crippen LogP contribution in [-0.2, 0) is 16.4 Å². The van der Waals surface area contributed by atoms with Crippen LogP contribution in [0, 0.1) is 23.4 Å². The third-order valence-electron chi connectivity index (χ3n) is 5.39. The molecule has 2 heterocycles. The van der Waals surface area contributed by atoms with E-state index < -0.39 is 33.3 Å². The summed E-state index contributed by atoms with van der Waals surface area (Å²) in [6.45, 7) is 10.9. The third-order valence-corrected chi connectivity index (χ3v) is 8.06. The summed E-state index contributed by atoms with van der Waals surface area (Å²) in [7, 11) is -2.38. The number of hydrogen-bond donors (Lipinski definition) is 2. The second-order valence-electron chi connectivity index (χ2n) is 10.1. The predicted octanol–water partition coefficient (Wildman–Crippen LogP) is 7.18. The molecule has 4 aromatic rings. The topological polar surface area (TPSA) is 79.8 Å². The van der Waals surface area contributed by atoms with Crippen LogP contribution in [-0.4, -0.2) is 25.7 Å². The molecule has 0 fully saturated rings. The molecule has 1 unspecified atom stereocenters. The molecule has 6 nitrogen and oxygen atoms in total. The highest BCUT2D eigenvalue weighted by Crippen LogP contribution is 2.42. The molecule has 0 saturated heterocycles. The van der Waals surface area contributed by atoms with E-state index in [9.17, 15) is 13.0 Å². The van der Waals surface area contributed by atoms with Crippen LogP contribution >= 0.6 is 11.3 Å². The van der Waals surface area contributed by atoms with Crippen LogP contribution in [0.2, 0.25) is 0 Å². The Morgan fingerprint density at radius 3 is 2.34 bits per heavy atom. The van der Waals surface area contributed by atoms with Crippen LogP contribution in [0.4, 0.5) is 24.8 Å². The fourth-order valence-electron chi connectivity index (χ4n) is 3.47. The van der Waals surface area contributed by atoms with Crippen LogP contribution in [0.3, 0.4) is 0 Å². The van der Waals surface area contributed by atoms with Crippen LogP contribution in [0.1, 0.15) is 39.6 Å². The van der Waals surface area contributed by atoms with Gasteiger partial charge in [-0.05, 0) is 36.2 Å². The molecule has 38 heavy (non-hydrogen) atoms. The van der Waals surface area contributed by atoms with E-state index in [0.717, 1.165) is 17.1 Å². The van der Waals surface area contributed by atoms with E-state index in [2.05, 4.69) is 33.9 Å². The van der Waals surface area contributed by atoms with E-state index in [4.69, 9.17) is 4.98 Å². The molecule has 0 saturated carbocycles. The van der Waals surface area contributed by atoms with Crippen molar-refractivity contribution in [3.8, 4) is 21.8 Å². The van der Waals surface area contributed by atoms with Gasteiger partial charge in [0.1, 0.15) is 16.5 Å². The predicted molar refractivity (Wildman–Crippen MR) is 147 cm³/mol. The standard InChI is InChI=1S/C27H28F3N5OS2/c1-15(2)14-32-26-31-13-12-20(33-26)23-22(34-25(37-23)27(3,4)5)16-8-6-11-19(21(16)30)35-38(36)24-17(28)9-7-10-18(24)29/h6-13,15,35H,14H2,1-5H3,(H,31,32,33). The summed E-state index contributed by atoms with van der Waals surface area (Å²) >= 11 is 1.40. The summed E-state index contributed by atoms with van der Waals surface area (Å²) in [6, 6.07) is 9.35. The number of anilines is 2. The van der Waals surface area contributed by atoms with Gasteiger partial charge in [-0.1, -0.05) is 46.8 Å². The molecule has 2 aromatic carbocycles. The summed E-state index contributed by atoms with van der Waals surface area (Å²) in [5.41, 5.74) is 0.570. The highest BCUT2D eigenvalue weighted by molar-refractivity contribution is 7.86. The highest BCUT2D eigenvalue weighted by atomic mass is 32.2. The maximum Gasteiger partial charge on any atom is 0.223 e. The first-order chi connectivity index (χ1) is 18.0. The zero-order valence-corrected chi connectivity index (χ0v) is 23.2. The smallest absolute Gasteiger partial charge is 0.223 e. The highest BCUT2D eigenvalue weighted by Gasteiger charge is 2.26. The minimum Gasteiger partial charge on any atom is -0.354 e. The molecule has 0 bridgehead atoms. The number of rotatable bonds is 8. The number of benzene rings is 2. The molecule has 1 atom stereocenters. The van der Waals surface area contributed by atoms with Crippen molar-refractivity contribution in [2.75, 3.05) is 16.6 Å². The van der Waals surface area contributed by atoms with Crippen molar-refractivity contribution < 1.29 is 17.4 Å². The first kappa shape index (κ1) is 27.7. The van der Waals surface area contributed by atoms with Crippen LogP contribution in [0.15, 0.2) is 53.6 Å². The summed E-state index contributed by atoms with van der Waals surface area (Å²) in [5.74, 6) is -1.89. The molecular weight excluding hydrogens is 531 g/mol. The molecule has 0 spiro atoms. The monoisotopic (exact) mass is 559 g/mol. The lowest BCUT2D eigenvalue weighted by Crippen LogP contribution is -2.11. The van der Waals surface area contributed by atoms with Gasteiger partial charge in [-0.25, -0.2) is 32.3 Å². The van der Waals surface area contributed by atoms with E-state index >= 15 is 4.39 Å². The van der Waals surface area contributed by atoms with Gasteiger partial charge in [0.05, 0.1) is 27.0 Å². The van der Waals surface area contributed by atoms with Crippen molar-refractivity contribution in [2.45, 2.75) is 44.9 Å². The van der Waals surface area contributed by atoms with Gasteiger partial charge in [0, 0.05) is 23.7 Å². The summed E-state index contributed by atoms with van der Waals surface area (Å²) in [4.78, 5) is 13.7. The SMILES string of the molecule is CC(C)CNc1nccc(-c2sc(C(C)(C)C)nc2-c2cccc(NS(=O)c3c(F)cccc3F)c2F)n1. The van der Waals surface area contributed by atoms with Gasteiger partial charge in [-0.3, -0.25) is 4.72 Å². The number of hydrogen-bond acceptors (Lipinski definition) is 6. The largest absolute Gasteiger partial charge is 0.354 e. The zero-order valence-electron chi connectivity index (χ0n) is 21.6. The molecule has 0 aliphatic rings. The number of nitrogens with one attached hydrogen (secondary N) is 2. The molecule has 11 heteroatoms. The molecule has 2 N–H and O–H groups in total. The van der Waals surface area contributed by atoms with Crippen LogP contribution < -0.4 is 10.0 Å². The van der Waals surface area contributed by atoms with Gasteiger partial charge in [0.15, 0.2) is 16.8 Å². The Kier molecular flexibility index (Phi) is 8.17. The van der Waals surface area contributed by atoms with Crippen molar-refractivity contribution in [3.05, 3.63) is 71.1 Å². The lowest BCUT2D eigenvalue weighted by molar-refractivity contribution is 0.535. The van der Waals surface area contributed by atoms with Crippen molar-refractivity contribution in [2.24, 2.45) is 5.92 Å². The van der Waals surface area contributed by atoms with E-state index in [1.807, 2.05) is 20.8 Å². The Balaban J connectivity index is 1.78. The second-order valence-corrected chi connectivity index (χ2v) is 12.2. The number of thiazole rings is 1. The number of nitrogens with zero attached hydrogens (tertiary/aromatic N) is 3. The lowest BCUT2D eigenvalue weighted by atomic mass is 9.98. The maximum atomic E-state index is 15.9. The Labute approximate surface area is 226 Å². The molecule has 0 aliphatic heterocycles. The Hall–Kier alpha value is -3.31. The second kappa shape index (κ2) is 11.2. The third kappa shape index (κ3) is 6.05. The quantitative estimate of drug-likeness (QED) is 0.239. The first-order valence-corrected chi connectivity index (χ1v) is 13.9. The number of halogens is 3. The molecule has 200 valence electrons. The van der Waals surface area contributed by atoms with Crippen molar-refractivity contribution in [1.82, 2.24) is 15.0 Å². The fourth-order valence-corrected chi connectivity index (χ4v) is 5.52. The molecule has 0 radical (unpaired) electrons. The lowest BCUT2D eigenvalue weighted by Gasteiger charge is -2.13. The Bertz CT molecular complexity index is 1460. The minimum atomic E-state index is -2.38. The summed E-state index contributed by atoms with van der Waals surface area (Å²) in [6.07, 6.45) is 1.63. The van der Waals surface area contributed by atoms with Gasteiger partial charge in [0.2, 0.25) is 5.95 Å². The maximum absolute atomic E-state index is 15.9. The minimum absolute atomic E-state index is 0.137. The van der Waals surface area contributed by atoms with Crippen molar-refractivity contribution in [3.63, 3.8) is 0 Å². The fraction of sp³-hybridized carbons (Fsp3) is 0.296. The molecule has 4 rings (SSSR count). The van der Waals surface area contributed by atoms with E-state index in [0.29, 0.717) is 34.7 Å². The summed E-state index contributed by atoms with van der Waals surface area (Å²) < 4.78 is 59.3. The van der Waals surface area contributed by atoms with Crippen LogP contribution in [0.5, 0.6) is 0 Å². The van der Waals surface area contributed by atoms with E-state index in [1.54, 1.807) is 24.4 Å². The molecule has 0 amide bonds. The summed E-state index contributed by atoms with van der Waals surface area (Å²) in [5, 5.41) is 3.97. The van der Waals surface area contributed by atoms with Crippen LogP contribution in [0.25, 0.3) is 21.8 Å². The van der Waals surface area contributed by atoms with Gasteiger partial charge >= 0.3 is 0 Å². The average molecular weight is 560 g/mol. The molecule has 2 aromatic heterocycles. The van der Waals surface area contributed by atoms with Crippen molar-refractivity contribution >= 4 is 34.0 Å². The van der Waals surface area contributed by atoms with Gasteiger partial charge in [0.25, 0.3) is 0 Å².